The Morgan fingerprint density at radius 3 is 2.51 bits per heavy atom. The molecule has 0 radical (unpaired) electrons. The number of amides is 3. The smallest absolute Gasteiger partial charge is 0.273 e. The standard InChI is InChI=1S/C27H30ClN5O4/c1-4-12-33-25(35)23-22(24(34)29-15-19-6-5-7-20(28)13-19)31-17-32(23)16-27(33,2)26(36)30-14-18-8-10-21(37-3)11-9-18/h5-11,13,17H,4,12,14-16H2,1-3H3,(H,29,34)(H,30,36)/t27-/m0/s1. The first-order chi connectivity index (χ1) is 17.8. The number of halogens is 1. The van der Waals surface area contributed by atoms with Gasteiger partial charge in [-0.1, -0.05) is 42.8 Å². The molecule has 0 unspecified atom stereocenters. The predicted molar refractivity (Wildman–Crippen MR) is 139 cm³/mol. The molecule has 0 fully saturated rings. The summed E-state index contributed by atoms with van der Waals surface area (Å²) in [5.74, 6) is -0.419. The summed E-state index contributed by atoms with van der Waals surface area (Å²) in [7, 11) is 1.60. The zero-order chi connectivity index (χ0) is 26.6. The van der Waals surface area contributed by atoms with E-state index in [9.17, 15) is 14.4 Å². The Bertz CT molecular complexity index is 1310. The molecule has 2 aromatic carbocycles. The topological polar surface area (TPSA) is 106 Å². The highest BCUT2D eigenvalue weighted by molar-refractivity contribution is 6.30. The SMILES string of the molecule is CCCN1C(=O)c2c(C(=O)NCc3cccc(Cl)c3)ncn2C[C@@]1(C)C(=O)NCc1ccc(OC)cc1. The third-order valence-corrected chi connectivity index (χ3v) is 6.70. The fourth-order valence-corrected chi connectivity index (χ4v) is 4.67. The average molecular weight is 524 g/mol. The molecule has 0 aliphatic carbocycles. The van der Waals surface area contributed by atoms with Crippen molar-refractivity contribution in [3.63, 3.8) is 0 Å². The van der Waals surface area contributed by atoms with E-state index in [4.69, 9.17) is 16.3 Å². The molecule has 2 heterocycles. The zero-order valence-electron chi connectivity index (χ0n) is 21.1. The van der Waals surface area contributed by atoms with Gasteiger partial charge in [0, 0.05) is 24.7 Å². The summed E-state index contributed by atoms with van der Waals surface area (Å²) in [4.78, 5) is 45.8. The quantitative estimate of drug-likeness (QED) is 0.447. The summed E-state index contributed by atoms with van der Waals surface area (Å²) < 4.78 is 6.77. The largest absolute Gasteiger partial charge is 0.497 e. The van der Waals surface area contributed by atoms with Crippen molar-refractivity contribution in [3.05, 3.63) is 82.4 Å². The van der Waals surface area contributed by atoms with Crippen molar-refractivity contribution in [1.29, 1.82) is 0 Å². The van der Waals surface area contributed by atoms with E-state index in [0.29, 0.717) is 24.5 Å². The summed E-state index contributed by atoms with van der Waals surface area (Å²) in [6.45, 7) is 4.76. The number of hydrogen-bond acceptors (Lipinski definition) is 5. The van der Waals surface area contributed by atoms with E-state index in [1.165, 1.54) is 6.33 Å². The van der Waals surface area contributed by atoms with Crippen molar-refractivity contribution in [2.24, 2.45) is 0 Å². The van der Waals surface area contributed by atoms with E-state index in [1.54, 1.807) is 41.7 Å². The second-order valence-corrected chi connectivity index (χ2v) is 9.58. The lowest BCUT2D eigenvalue weighted by Gasteiger charge is -2.43. The minimum absolute atomic E-state index is 0.0359. The molecular formula is C27H30ClN5O4. The molecule has 3 amide bonds. The van der Waals surface area contributed by atoms with Gasteiger partial charge in [-0.2, -0.15) is 0 Å². The number of hydrogen-bond donors (Lipinski definition) is 2. The predicted octanol–water partition coefficient (Wildman–Crippen LogP) is 3.42. The van der Waals surface area contributed by atoms with E-state index in [1.807, 2.05) is 37.3 Å². The van der Waals surface area contributed by atoms with Crippen LogP contribution in [0.5, 0.6) is 5.75 Å². The monoisotopic (exact) mass is 523 g/mol. The number of fused-ring (bicyclic) bond motifs is 1. The number of ether oxygens (including phenoxy) is 1. The van der Waals surface area contributed by atoms with Gasteiger partial charge >= 0.3 is 0 Å². The third kappa shape index (κ3) is 5.46. The van der Waals surface area contributed by atoms with Gasteiger partial charge in [-0.15, -0.1) is 0 Å². The maximum atomic E-state index is 13.7. The van der Waals surface area contributed by atoms with Crippen LogP contribution in [0.25, 0.3) is 0 Å². The van der Waals surface area contributed by atoms with Crippen LogP contribution in [0.1, 0.15) is 52.4 Å². The van der Waals surface area contributed by atoms with E-state index in [2.05, 4.69) is 15.6 Å². The zero-order valence-corrected chi connectivity index (χ0v) is 21.8. The number of nitrogens with zero attached hydrogens (tertiary/aromatic N) is 3. The second-order valence-electron chi connectivity index (χ2n) is 9.14. The Morgan fingerprint density at radius 1 is 1.11 bits per heavy atom. The van der Waals surface area contributed by atoms with Gasteiger partial charge in [0.05, 0.1) is 20.0 Å². The van der Waals surface area contributed by atoms with Gasteiger partial charge in [-0.25, -0.2) is 4.98 Å². The fourth-order valence-electron chi connectivity index (χ4n) is 4.46. The molecule has 0 saturated heterocycles. The molecule has 10 heteroatoms. The van der Waals surface area contributed by atoms with Crippen molar-refractivity contribution in [1.82, 2.24) is 25.1 Å². The molecule has 3 aromatic rings. The van der Waals surface area contributed by atoms with E-state index in [-0.39, 0.29) is 30.4 Å². The van der Waals surface area contributed by atoms with Crippen LogP contribution in [0.4, 0.5) is 0 Å². The lowest BCUT2D eigenvalue weighted by Crippen LogP contribution is -2.64. The van der Waals surface area contributed by atoms with Crippen LogP contribution in [0.3, 0.4) is 0 Å². The molecule has 1 aliphatic heterocycles. The third-order valence-electron chi connectivity index (χ3n) is 6.47. The Balaban J connectivity index is 1.52. The molecule has 194 valence electrons. The number of nitrogens with one attached hydrogen (secondary N) is 2. The summed E-state index contributed by atoms with van der Waals surface area (Å²) in [5, 5.41) is 6.34. The molecule has 37 heavy (non-hydrogen) atoms. The lowest BCUT2D eigenvalue weighted by atomic mass is 9.93. The summed E-state index contributed by atoms with van der Waals surface area (Å²) in [6, 6.07) is 14.6. The molecule has 0 spiro atoms. The maximum absolute atomic E-state index is 13.7. The van der Waals surface area contributed by atoms with Crippen molar-refractivity contribution in [3.8, 4) is 5.75 Å². The molecule has 0 saturated carbocycles. The normalized spacial score (nSPS) is 16.8. The highest BCUT2D eigenvalue weighted by Gasteiger charge is 2.48. The van der Waals surface area contributed by atoms with Gasteiger partial charge in [0.1, 0.15) is 17.0 Å². The second kappa shape index (κ2) is 11.0. The number of imidazole rings is 1. The summed E-state index contributed by atoms with van der Waals surface area (Å²) in [6.07, 6.45) is 2.09. The first-order valence-electron chi connectivity index (χ1n) is 12.1. The number of rotatable bonds is 9. The van der Waals surface area contributed by atoms with Crippen molar-refractivity contribution >= 4 is 29.3 Å². The van der Waals surface area contributed by atoms with Gasteiger partial charge in [0.2, 0.25) is 5.91 Å². The lowest BCUT2D eigenvalue weighted by molar-refractivity contribution is -0.133. The molecule has 2 N–H and O–H groups in total. The van der Waals surface area contributed by atoms with Gasteiger partial charge in [0.15, 0.2) is 5.69 Å². The van der Waals surface area contributed by atoms with Crippen molar-refractivity contribution < 1.29 is 19.1 Å². The van der Waals surface area contributed by atoms with Gasteiger partial charge in [-0.3, -0.25) is 14.4 Å². The Labute approximate surface area is 220 Å². The van der Waals surface area contributed by atoms with Crippen LogP contribution in [0.15, 0.2) is 54.9 Å². The fraction of sp³-hybridized carbons (Fsp3) is 0.333. The highest BCUT2D eigenvalue weighted by atomic mass is 35.5. The van der Waals surface area contributed by atoms with Gasteiger partial charge < -0.3 is 24.8 Å². The van der Waals surface area contributed by atoms with Crippen LogP contribution in [0.2, 0.25) is 5.02 Å². The van der Waals surface area contributed by atoms with Crippen LogP contribution in [-0.4, -0.2) is 51.4 Å². The Kier molecular flexibility index (Phi) is 7.83. The van der Waals surface area contributed by atoms with E-state index >= 15 is 0 Å². The van der Waals surface area contributed by atoms with Crippen LogP contribution < -0.4 is 15.4 Å². The van der Waals surface area contributed by atoms with E-state index in [0.717, 1.165) is 16.9 Å². The minimum Gasteiger partial charge on any atom is -0.497 e. The van der Waals surface area contributed by atoms with Crippen molar-refractivity contribution in [2.45, 2.75) is 45.4 Å². The minimum atomic E-state index is -1.15. The number of carbonyl (C=O) groups excluding carboxylic acids is 3. The molecule has 9 nitrogen and oxygen atoms in total. The molecule has 1 aromatic heterocycles. The van der Waals surface area contributed by atoms with Crippen LogP contribution in [0, 0.1) is 0 Å². The summed E-state index contributed by atoms with van der Waals surface area (Å²) >= 11 is 6.02. The van der Waals surface area contributed by atoms with Crippen LogP contribution in [-0.2, 0) is 24.4 Å². The first-order valence-corrected chi connectivity index (χ1v) is 12.5. The Morgan fingerprint density at radius 2 is 1.84 bits per heavy atom. The maximum Gasteiger partial charge on any atom is 0.273 e. The van der Waals surface area contributed by atoms with Gasteiger partial charge in [-0.05, 0) is 48.7 Å². The van der Waals surface area contributed by atoms with Gasteiger partial charge in [0.25, 0.3) is 11.8 Å². The first kappa shape index (κ1) is 26.2. The number of methoxy groups -OCH3 is 1. The summed E-state index contributed by atoms with van der Waals surface area (Å²) in [5.41, 5.74) is 0.797. The molecular weight excluding hydrogens is 494 g/mol. The highest BCUT2D eigenvalue weighted by Crippen LogP contribution is 2.29. The number of carbonyl (C=O) groups is 3. The number of aromatic nitrogens is 2. The molecule has 4 rings (SSSR count). The molecule has 1 atom stereocenters. The van der Waals surface area contributed by atoms with Crippen LogP contribution >= 0.6 is 11.6 Å². The van der Waals surface area contributed by atoms with E-state index < -0.39 is 17.4 Å². The number of benzene rings is 2. The molecule has 1 aliphatic rings. The van der Waals surface area contributed by atoms with Crippen molar-refractivity contribution in [2.75, 3.05) is 13.7 Å². The average Bonchev–Trinajstić information content (AvgIpc) is 3.32. The Hall–Kier alpha value is -3.85. The molecule has 0 bridgehead atoms.